The van der Waals surface area contributed by atoms with Crippen molar-refractivity contribution in [1.82, 2.24) is 19.5 Å². The van der Waals surface area contributed by atoms with Crippen molar-refractivity contribution < 1.29 is 4.79 Å². The van der Waals surface area contributed by atoms with Crippen LogP contribution >= 0.6 is 0 Å². The Hall–Kier alpha value is -2.54. The average Bonchev–Trinajstić information content (AvgIpc) is 3.04. The molecule has 3 rings (SSSR count). The van der Waals surface area contributed by atoms with E-state index in [2.05, 4.69) is 21.5 Å². The van der Waals surface area contributed by atoms with Gasteiger partial charge in [-0.15, -0.1) is 0 Å². The van der Waals surface area contributed by atoms with Crippen molar-refractivity contribution in [3.8, 4) is 0 Å². The van der Waals surface area contributed by atoms with Crippen molar-refractivity contribution in [1.29, 1.82) is 0 Å². The van der Waals surface area contributed by atoms with E-state index in [4.69, 9.17) is 16.5 Å². The number of aryl methyl sites for hydroxylation is 1. The highest BCUT2D eigenvalue weighted by Gasteiger charge is 2.18. The van der Waals surface area contributed by atoms with E-state index in [1.54, 1.807) is 6.20 Å². The van der Waals surface area contributed by atoms with Gasteiger partial charge in [0.15, 0.2) is 0 Å². The van der Waals surface area contributed by atoms with E-state index in [0.717, 1.165) is 53.6 Å². The molecule has 0 aromatic carbocycles. The average molecular weight is 340 g/mol. The summed E-state index contributed by atoms with van der Waals surface area (Å²) in [6.07, 6.45) is 6.79. The van der Waals surface area contributed by atoms with Gasteiger partial charge >= 0.3 is 0 Å². The Kier molecular flexibility index (Phi) is 5.23. The molecule has 0 aliphatic rings. The zero-order chi connectivity index (χ0) is 17.8. The lowest BCUT2D eigenvalue weighted by Crippen LogP contribution is -2.11. The van der Waals surface area contributed by atoms with Crippen LogP contribution in [0.25, 0.3) is 22.1 Å². The molecule has 1 atom stereocenters. The number of rotatable bonds is 8. The number of hydrogen-bond donors (Lipinski definition) is 2. The first-order valence-corrected chi connectivity index (χ1v) is 8.69. The summed E-state index contributed by atoms with van der Waals surface area (Å²) in [6, 6.07) is 3.86. The van der Waals surface area contributed by atoms with Gasteiger partial charge < -0.3 is 16.0 Å². The van der Waals surface area contributed by atoms with E-state index < -0.39 is 0 Å². The minimum Gasteiger partial charge on any atom is -0.370 e. The topological polar surface area (TPSA) is 113 Å². The maximum Gasteiger partial charge on any atom is 0.217 e. The number of nitrogens with two attached hydrogens (primary N) is 2. The third-order valence-corrected chi connectivity index (χ3v) is 4.47. The van der Waals surface area contributed by atoms with E-state index in [0.29, 0.717) is 13.0 Å². The first kappa shape index (κ1) is 17.3. The Morgan fingerprint density at radius 3 is 2.84 bits per heavy atom. The first-order valence-electron chi connectivity index (χ1n) is 8.69. The number of hydrogen-bond acceptors (Lipinski definition) is 5. The molecule has 3 aromatic rings. The third kappa shape index (κ3) is 3.61. The molecule has 132 valence electrons. The molecule has 7 heteroatoms. The lowest BCUT2D eigenvalue weighted by Gasteiger charge is -2.12. The van der Waals surface area contributed by atoms with Crippen LogP contribution in [0.15, 0.2) is 24.7 Å². The molecule has 4 N–H and O–H groups in total. The predicted molar refractivity (Wildman–Crippen MR) is 98.0 cm³/mol. The molecule has 3 heterocycles. The number of imidazole rings is 1. The fourth-order valence-electron chi connectivity index (χ4n) is 3.05. The smallest absolute Gasteiger partial charge is 0.217 e. The Labute approximate surface area is 146 Å². The number of carbonyl (C=O) groups excluding carboxylic acids is 1. The number of amides is 1. The molecule has 7 nitrogen and oxygen atoms in total. The minimum atomic E-state index is -0.241. The zero-order valence-electron chi connectivity index (χ0n) is 14.5. The van der Waals surface area contributed by atoms with Crippen LogP contribution < -0.4 is 11.5 Å². The number of pyridine rings is 2. The number of fused-ring (bicyclic) bond motifs is 3. The van der Waals surface area contributed by atoms with Gasteiger partial charge in [-0.3, -0.25) is 9.78 Å². The highest BCUT2D eigenvalue weighted by molar-refractivity contribution is 6.00. The van der Waals surface area contributed by atoms with Crippen molar-refractivity contribution in [3.05, 3.63) is 30.4 Å². The fourth-order valence-corrected chi connectivity index (χ4v) is 3.05. The van der Waals surface area contributed by atoms with Gasteiger partial charge in [-0.1, -0.05) is 13.3 Å². The Morgan fingerprint density at radius 1 is 1.24 bits per heavy atom. The van der Waals surface area contributed by atoms with Crippen LogP contribution in [0.1, 0.15) is 44.2 Å². The predicted octanol–water partition coefficient (Wildman–Crippen LogP) is 2.09. The molecule has 1 unspecified atom stereocenters. The van der Waals surface area contributed by atoms with E-state index in [1.165, 1.54) is 0 Å². The monoisotopic (exact) mass is 340 g/mol. The maximum atomic E-state index is 10.8. The SMILES string of the molecule is CC(CN)c1nc2cccnc2c2c1ncn2CCCCCC(N)=O. The zero-order valence-corrected chi connectivity index (χ0v) is 14.5. The molecule has 0 spiro atoms. The van der Waals surface area contributed by atoms with Gasteiger partial charge in [0.2, 0.25) is 5.91 Å². The number of aromatic nitrogens is 4. The fraction of sp³-hybridized carbons (Fsp3) is 0.444. The molecule has 0 radical (unpaired) electrons. The van der Waals surface area contributed by atoms with Crippen LogP contribution in [0.4, 0.5) is 0 Å². The van der Waals surface area contributed by atoms with Crippen molar-refractivity contribution in [2.45, 2.75) is 45.1 Å². The van der Waals surface area contributed by atoms with Gasteiger partial charge in [0.25, 0.3) is 0 Å². The molecule has 0 fully saturated rings. The third-order valence-electron chi connectivity index (χ3n) is 4.47. The summed E-state index contributed by atoms with van der Waals surface area (Å²) in [4.78, 5) is 24.7. The molecule has 3 aromatic heterocycles. The minimum absolute atomic E-state index is 0.131. The second-order valence-electron chi connectivity index (χ2n) is 6.42. The first-order chi connectivity index (χ1) is 12.1. The summed E-state index contributed by atoms with van der Waals surface area (Å²) in [6.45, 7) is 3.40. The quantitative estimate of drug-likeness (QED) is 0.610. The van der Waals surface area contributed by atoms with Crippen molar-refractivity contribution in [2.24, 2.45) is 11.5 Å². The molecule has 0 aliphatic heterocycles. The van der Waals surface area contributed by atoms with E-state index >= 15 is 0 Å². The van der Waals surface area contributed by atoms with Crippen molar-refractivity contribution in [3.63, 3.8) is 0 Å². The van der Waals surface area contributed by atoms with Crippen LogP contribution in [0, 0.1) is 0 Å². The van der Waals surface area contributed by atoms with Crippen LogP contribution in [0.5, 0.6) is 0 Å². The molecule has 1 amide bonds. The lowest BCUT2D eigenvalue weighted by atomic mass is 10.1. The van der Waals surface area contributed by atoms with Gasteiger partial charge in [-0.25, -0.2) is 9.97 Å². The highest BCUT2D eigenvalue weighted by Crippen LogP contribution is 2.28. The largest absolute Gasteiger partial charge is 0.370 e. The standard InChI is InChI=1S/C18H24N6O/c1-12(10-19)15-17-18(16-13(23-15)6-5-8-21-16)24(11-22-17)9-4-2-3-7-14(20)25/h5-6,8,11-12H,2-4,7,9-10,19H2,1H3,(H2,20,25). The summed E-state index contributed by atoms with van der Waals surface area (Å²) in [7, 11) is 0. The summed E-state index contributed by atoms with van der Waals surface area (Å²) in [5, 5.41) is 0. The van der Waals surface area contributed by atoms with Crippen LogP contribution in [-0.2, 0) is 11.3 Å². The van der Waals surface area contributed by atoms with Crippen molar-refractivity contribution >= 4 is 28.0 Å². The highest BCUT2D eigenvalue weighted by atomic mass is 16.1. The van der Waals surface area contributed by atoms with Crippen LogP contribution in [-0.4, -0.2) is 32.0 Å². The van der Waals surface area contributed by atoms with E-state index in [1.807, 2.05) is 18.5 Å². The van der Waals surface area contributed by atoms with Gasteiger partial charge in [-0.05, 0) is 25.0 Å². The molecule has 0 aliphatic carbocycles. The van der Waals surface area contributed by atoms with E-state index in [-0.39, 0.29) is 11.8 Å². The van der Waals surface area contributed by atoms with Crippen molar-refractivity contribution in [2.75, 3.05) is 6.54 Å². The van der Waals surface area contributed by atoms with E-state index in [9.17, 15) is 4.79 Å². The van der Waals surface area contributed by atoms with Gasteiger partial charge in [0.1, 0.15) is 11.0 Å². The molecular weight excluding hydrogens is 316 g/mol. The number of carbonyl (C=O) groups is 1. The number of primary amides is 1. The Balaban J connectivity index is 1.94. The molecule has 0 bridgehead atoms. The summed E-state index contributed by atoms with van der Waals surface area (Å²) >= 11 is 0. The Morgan fingerprint density at radius 2 is 2.08 bits per heavy atom. The maximum absolute atomic E-state index is 10.8. The number of unbranched alkanes of at least 4 members (excludes halogenated alkanes) is 2. The normalized spacial score (nSPS) is 12.7. The summed E-state index contributed by atoms with van der Waals surface area (Å²) in [5.74, 6) is -0.110. The molecule has 0 saturated heterocycles. The second-order valence-corrected chi connectivity index (χ2v) is 6.42. The summed E-state index contributed by atoms with van der Waals surface area (Å²) < 4.78 is 2.13. The Bertz CT molecular complexity index is 888. The van der Waals surface area contributed by atoms with Gasteiger partial charge in [-0.2, -0.15) is 0 Å². The van der Waals surface area contributed by atoms with Gasteiger partial charge in [0, 0.05) is 31.6 Å². The molecule has 25 heavy (non-hydrogen) atoms. The second kappa shape index (κ2) is 7.57. The lowest BCUT2D eigenvalue weighted by molar-refractivity contribution is -0.118. The summed E-state index contributed by atoms with van der Waals surface area (Å²) in [5.41, 5.74) is 15.6. The number of nitrogens with zero attached hydrogens (tertiary/aromatic N) is 4. The molecule has 0 saturated carbocycles. The van der Waals surface area contributed by atoms with Gasteiger partial charge in [0.05, 0.1) is 23.1 Å². The van der Waals surface area contributed by atoms with Crippen LogP contribution in [0.2, 0.25) is 0 Å². The molecular formula is C18H24N6O. The van der Waals surface area contributed by atoms with Crippen LogP contribution in [0.3, 0.4) is 0 Å².